The van der Waals surface area contributed by atoms with Gasteiger partial charge in [-0.1, -0.05) is 26.7 Å². The maximum Gasteiger partial charge on any atom is 0.336 e. The zero-order valence-corrected chi connectivity index (χ0v) is 12.8. The van der Waals surface area contributed by atoms with Gasteiger partial charge in [-0.05, 0) is 18.9 Å². The Bertz CT molecular complexity index is 532. The Morgan fingerprint density at radius 3 is 2.42 bits per heavy atom. The lowest BCUT2D eigenvalue weighted by Gasteiger charge is -2.21. The molecule has 0 fully saturated rings. The molecule has 1 atom stereocenters. The van der Waals surface area contributed by atoms with Crippen molar-refractivity contribution >= 4 is 27.3 Å². The van der Waals surface area contributed by atoms with Crippen molar-refractivity contribution in [2.24, 2.45) is 5.92 Å². The standard InChI is InChI=1S/C12H19NO4S2/c1-4-9(5-2)8(3)13-19(16,17)11-6-10(7-18-11)12(14)15/h6-9,13H,4-5H2,1-3H3,(H,14,15). The van der Waals surface area contributed by atoms with E-state index in [-0.39, 0.29) is 21.7 Å². The monoisotopic (exact) mass is 305 g/mol. The second-order valence-corrected chi connectivity index (χ2v) is 7.30. The van der Waals surface area contributed by atoms with Crippen LogP contribution in [-0.2, 0) is 10.0 Å². The molecule has 1 rings (SSSR count). The molecule has 19 heavy (non-hydrogen) atoms. The quantitative estimate of drug-likeness (QED) is 0.811. The van der Waals surface area contributed by atoms with Gasteiger partial charge in [-0.15, -0.1) is 11.3 Å². The molecule has 0 bridgehead atoms. The van der Waals surface area contributed by atoms with Crippen LogP contribution in [0.2, 0.25) is 0 Å². The molecule has 0 aliphatic rings. The predicted molar refractivity (Wildman–Crippen MR) is 75.1 cm³/mol. The summed E-state index contributed by atoms with van der Waals surface area (Å²) < 4.78 is 26.9. The third-order valence-electron chi connectivity index (χ3n) is 3.18. The van der Waals surface area contributed by atoms with Gasteiger partial charge in [0.15, 0.2) is 0 Å². The van der Waals surface area contributed by atoms with Crippen LogP contribution in [0.15, 0.2) is 15.7 Å². The molecule has 0 radical (unpaired) electrons. The second-order valence-electron chi connectivity index (χ2n) is 4.45. The summed E-state index contributed by atoms with van der Waals surface area (Å²) in [6, 6.07) is 1.02. The van der Waals surface area contributed by atoms with E-state index < -0.39 is 16.0 Å². The van der Waals surface area contributed by atoms with Crippen molar-refractivity contribution < 1.29 is 18.3 Å². The van der Waals surface area contributed by atoms with Crippen LogP contribution in [0.1, 0.15) is 44.0 Å². The number of carbonyl (C=O) groups is 1. The molecule has 0 saturated heterocycles. The highest BCUT2D eigenvalue weighted by molar-refractivity contribution is 7.91. The molecule has 1 unspecified atom stereocenters. The summed E-state index contributed by atoms with van der Waals surface area (Å²) in [5.41, 5.74) is 0.000520. The van der Waals surface area contributed by atoms with Crippen molar-refractivity contribution in [1.82, 2.24) is 4.72 Å². The largest absolute Gasteiger partial charge is 0.478 e. The lowest BCUT2D eigenvalue weighted by Crippen LogP contribution is -2.37. The first-order chi connectivity index (χ1) is 8.81. The highest BCUT2D eigenvalue weighted by atomic mass is 32.2. The molecular weight excluding hydrogens is 286 g/mol. The first-order valence-electron chi connectivity index (χ1n) is 6.16. The van der Waals surface area contributed by atoms with Crippen molar-refractivity contribution in [3.63, 3.8) is 0 Å². The maximum atomic E-state index is 12.1. The molecular formula is C12H19NO4S2. The Morgan fingerprint density at radius 1 is 1.42 bits per heavy atom. The Hall–Kier alpha value is -0.920. The van der Waals surface area contributed by atoms with Crippen molar-refractivity contribution in [3.8, 4) is 0 Å². The zero-order valence-electron chi connectivity index (χ0n) is 11.2. The van der Waals surface area contributed by atoms with Gasteiger partial charge in [-0.25, -0.2) is 17.9 Å². The predicted octanol–water partition coefficient (Wildman–Crippen LogP) is 2.55. The first kappa shape index (κ1) is 16.1. The number of hydrogen-bond acceptors (Lipinski definition) is 4. The zero-order chi connectivity index (χ0) is 14.6. The van der Waals surface area contributed by atoms with Gasteiger partial charge in [-0.2, -0.15) is 0 Å². The summed E-state index contributed by atoms with van der Waals surface area (Å²) in [5, 5.41) is 10.1. The fraction of sp³-hybridized carbons (Fsp3) is 0.583. The van der Waals surface area contributed by atoms with Crippen molar-refractivity contribution in [3.05, 3.63) is 17.0 Å². The molecule has 0 aromatic carbocycles. The summed E-state index contributed by atoms with van der Waals surface area (Å²) in [4.78, 5) is 10.8. The van der Waals surface area contributed by atoms with E-state index >= 15 is 0 Å². The summed E-state index contributed by atoms with van der Waals surface area (Å²) in [6.07, 6.45) is 1.79. The number of carboxylic acid groups (broad SMARTS) is 1. The normalized spacial score (nSPS) is 13.7. The van der Waals surface area contributed by atoms with E-state index in [4.69, 9.17) is 5.11 Å². The van der Waals surface area contributed by atoms with E-state index in [9.17, 15) is 13.2 Å². The van der Waals surface area contributed by atoms with Crippen LogP contribution < -0.4 is 4.72 Å². The number of sulfonamides is 1. The summed E-state index contributed by atoms with van der Waals surface area (Å²) >= 11 is 0.922. The fourth-order valence-electron chi connectivity index (χ4n) is 1.96. The van der Waals surface area contributed by atoms with Crippen LogP contribution in [0.4, 0.5) is 0 Å². The molecule has 0 saturated carbocycles. The van der Waals surface area contributed by atoms with Gasteiger partial charge in [0.1, 0.15) is 4.21 Å². The van der Waals surface area contributed by atoms with Crippen LogP contribution in [0.5, 0.6) is 0 Å². The van der Waals surface area contributed by atoms with Crippen LogP contribution in [-0.4, -0.2) is 25.5 Å². The smallest absolute Gasteiger partial charge is 0.336 e. The Morgan fingerprint density at radius 2 is 2.00 bits per heavy atom. The van der Waals surface area contributed by atoms with E-state index in [0.717, 1.165) is 24.2 Å². The molecule has 0 aliphatic carbocycles. The number of nitrogens with one attached hydrogen (secondary N) is 1. The van der Waals surface area contributed by atoms with E-state index in [1.165, 1.54) is 11.4 Å². The van der Waals surface area contributed by atoms with Crippen LogP contribution >= 0.6 is 11.3 Å². The number of aromatic carboxylic acids is 1. The van der Waals surface area contributed by atoms with Gasteiger partial charge in [-0.3, -0.25) is 0 Å². The minimum absolute atomic E-state index is 0.000520. The van der Waals surface area contributed by atoms with Gasteiger partial charge in [0.05, 0.1) is 5.56 Å². The molecule has 5 nitrogen and oxygen atoms in total. The van der Waals surface area contributed by atoms with Gasteiger partial charge in [0.2, 0.25) is 10.0 Å². The average molecular weight is 305 g/mol. The molecule has 1 aromatic rings. The molecule has 2 N–H and O–H groups in total. The third kappa shape index (κ3) is 4.02. The summed E-state index contributed by atoms with van der Waals surface area (Å²) in [7, 11) is -3.63. The topological polar surface area (TPSA) is 83.5 Å². The third-order valence-corrected chi connectivity index (χ3v) is 6.18. The Balaban J connectivity index is 2.88. The maximum absolute atomic E-state index is 12.1. The highest BCUT2D eigenvalue weighted by Crippen LogP contribution is 2.22. The first-order valence-corrected chi connectivity index (χ1v) is 8.52. The van der Waals surface area contributed by atoms with E-state index in [1.807, 2.05) is 20.8 Å². The van der Waals surface area contributed by atoms with Crippen LogP contribution in [0.25, 0.3) is 0 Å². The van der Waals surface area contributed by atoms with Crippen LogP contribution in [0.3, 0.4) is 0 Å². The molecule has 1 aromatic heterocycles. The number of hydrogen-bond donors (Lipinski definition) is 2. The lowest BCUT2D eigenvalue weighted by atomic mass is 9.96. The van der Waals surface area contributed by atoms with E-state index in [0.29, 0.717) is 0 Å². The van der Waals surface area contributed by atoms with Gasteiger partial charge < -0.3 is 5.11 Å². The van der Waals surface area contributed by atoms with Gasteiger partial charge in [0.25, 0.3) is 0 Å². The fourth-order valence-corrected chi connectivity index (χ4v) is 4.45. The molecule has 108 valence electrons. The van der Waals surface area contributed by atoms with E-state index in [2.05, 4.69) is 4.72 Å². The van der Waals surface area contributed by atoms with Gasteiger partial charge in [0, 0.05) is 11.4 Å². The van der Waals surface area contributed by atoms with E-state index in [1.54, 1.807) is 0 Å². The molecule has 7 heteroatoms. The summed E-state index contributed by atoms with van der Waals surface area (Å²) in [6.45, 7) is 5.88. The molecule has 0 aliphatic heterocycles. The molecule has 1 heterocycles. The average Bonchev–Trinajstić information content (AvgIpc) is 2.79. The molecule has 0 amide bonds. The number of rotatable bonds is 7. The Kier molecular flexibility index (Phi) is 5.51. The highest BCUT2D eigenvalue weighted by Gasteiger charge is 2.24. The van der Waals surface area contributed by atoms with Gasteiger partial charge >= 0.3 is 5.97 Å². The minimum atomic E-state index is -3.63. The molecule has 0 spiro atoms. The SMILES string of the molecule is CCC(CC)C(C)NS(=O)(=O)c1cc(C(=O)O)cs1. The van der Waals surface area contributed by atoms with Crippen molar-refractivity contribution in [1.29, 1.82) is 0 Å². The summed E-state index contributed by atoms with van der Waals surface area (Å²) in [5.74, 6) is -0.848. The number of carboxylic acids is 1. The van der Waals surface area contributed by atoms with Crippen molar-refractivity contribution in [2.75, 3.05) is 0 Å². The Labute approximate surface area is 117 Å². The van der Waals surface area contributed by atoms with Crippen LogP contribution in [0, 0.1) is 5.92 Å². The van der Waals surface area contributed by atoms with Crippen molar-refractivity contribution in [2.45, 2.75) is 43.9 Å². The lowest BCUT2D eigenvalue weighted by molar-refractivity contribution is 0.0697. The second kappa shape index (κ2) is 6.49. The minimum Gasteiger partial charge on any atom is -0.478 e. The number of thiophene rings is 1.